The third kappa shape index (κ3) is 4.73. The zero-order valence-electron chi connectivity index (χ0n) is 14.7. The molecule has 6 nitrogen and oxygen atoms in total. The summed E-state index contributed by atoms with van der Waals surface area (Å²) < 4.78 is 5.35. The first-order valence-corrected chi connectivity index (χ1v) is 8.94. The molecule has 2 aromatic rings. The number of nitrogens with zero attached hydrogens (tertiary/aromatic N) is 2. The molecule has 3 rings (SSSR count). The van der Waals surface area contributed by atoms with Gasteiger partial charge in [0.1, 0.15) is 11.8 Å². The van der Waals surface area contributed by atoms with Crippen molar-refractivity contribution in [2.75, 3.05) is 19.6 Å². The van der Waals surface area contributed by atoms with Crippen LogP contribution in [0.4, 0.5) is 0 Å². The Morgan fingerprint density at radius 3 is 2.65 bits per heavy atom. The maximum Gasteiger partial charge on any atom is 0.305 e. The fourth-order valence-corrected chi connectivity index (χ4v) is 3.40. The first kappa shape index (κ1) is 18.2. The maximum absolute atomic E-state index is 12.8. The van der Waals surface area contributed by atoms with E-state index in [0.717, 1.165) is 18.6 Å². The van der Waals surface area contributed by atoms with Crippen LogP contribution in [0.2, 0.25) is 0 Å². The SMILES string of the molecule is O=C(O)CC1C(=O)N(CCCc2ccccc2)CCN1Cc1ccco1. The van der Waals surface area contributed by atoms with Crippen LogP contribution >= 0.6 is 0 Å². The average molecular weight is 356 g/mol. The molecule has 1 amide bonds. The lowest BCUT2D eigenvalue weighted by Crippen LogP contribution is -2.57. The van der Waals surface area contributed by atoms with E-state index in [0.29, 0.717) is 26.2 Å². The molecule has 6 heteroatoms. The van der Waals surface area contributed by atoms with Gasteiger partial charge in [-0.15, -0.1) is 0 Å². The highest BCUT2D eigenvalue weighted by Crippen LogP contribution is 2.19. The van der Waals surface area contributed by atoms with Gasteiger partial charge in [-0.3, -0.25) is 14.5 Å². The van der Waals surface area contributed by atoms with Crippen molar-refractivity contribution in [3.63, 3.8) is 0 Å². The van der Waals surface area contributed by atoms with Crippen molar-refractivity contribution in [2.45, 2.75) is 31.8 Å². The topological polar surface area (TPSA) is 74.0 Å². The van der Waals surface area contributed by atoms with Gasteiger partial charge in [-0.1, -0.05) is 30.3 Å². The molecule has 1 unspecified atom stereocenters. The normalized spacial score (nSPS) is 18.2. The zero-order chi connectivity index (χ0) is 18.4. The fourth-order valence-electron chi connectivity index (χ4n) is 3.40. The number of rotatable bonds is 8. The van der Waals surface area contributed by atoms with Crippen LogP contribution in [-0.4, -0.2) is 52.5 Å². The summed E-state index contributed by atoms with van der Waals surface area (Å²) in [4.78, 5) is 27.8. The number of furan rings is 1. The second-order valence-corrected chi connectivity index (χ2v) is 6.58. The summed E-state index contributed by atoms with van der Waals surface area (Å²) in [5, 5.41) is 9.22. The van der Waals surface area contributed by atoms with Crippen LogP contribution in [0.3, 0.4) is 0 Å². The minimum atomic E-state index is -0.959. The molecule has 0 aliphatic carbocycles. The highest BCUT2D eigenvalue weighted by Gasteiger charge is 2.36. The van der Waals surface area contributed by atoms with E-state index in [4.69, 9.17) is 4.42 Å². The lowest BCUT2D eigenvalue weighted by Gasteiger charge is -2.39. The number of hydrogen-bond donors (Lipinski definition) is 1. The molecule has 1 N–H and O–H groups in total. The van der Waals surface area contributed by atoms with Crippen LogP contribution in [0.5, 0.6) is 0 Å². The van der Waals surface area contributed by atoms with Crippen LogP contribution in [0.25, 0.3) is 0 Å². The molecule has 1 atom stereocenters. The Kier molecular flexibility index (Phi) is 6.07. The Bertz CT molecular complexity index is 715. The number of benzene rings is 1. The van der Waals surface area contributed by atoms with Gasteiger partial charge in [-0.2, -0.15) is 0 Å². The van der Waals surface area contributed by atoms with Gasteiger partial charge in [-0.05, 0) is 30.5 Å². The summed E-state index contributed by atoms with van der Waals surface area (Å²) in [5.74, 6) is -0.317. The number of aryl methyl sites for hydroxylation is 1. The van der Waals surface area contributed by atoms with E-state index in [2.05, 4.69) is 12.1 Å². The Morgan fingerprint density at radius 1 is 1.15 bits per heavy atom. The largest absolute Gasteiger partial charge is 0.481 e. The van der Waals surface area contributed by atoms with E-state index in [1.165, 1.54) is 5.56 Å². The van der Waals surface area contributed by atoms with Crippen LogP contribution in [-0.2, 0) is 22.6 Å². The second kappa shape index (κ2) is 8.67. The van der Waals surface area contributed by atoms with E-state index in [1.807, 2.05) is 29.2 Å². The fraction of sp³-hybridized carbons (Fsp3) is 0.400. The molecule has 1 aliphatic rings. The minimum absolute atomic E-state index is 0.0988. The predicted octanol–water partition coefficient (Wildman–Crippen LogP) is 2.40. The van der Waals surface area contributed by atoms with Crippen molar-refractivity contribution in [3.05, 3.63) is 60.1 Å². The molecular formula is C20H24N2O4. The van der Waals surface area contributed by atoms with Crippen molar-refractivity contribution < 1.29 is 19.1 Å². The number of carbonyl (C=O) groups excluding carboxylic acids is 1. The van der Waals surface area contributed by atoms with Crippen molar-refractivity contribution in [3.8, 4) is 0 Å². The standard InChI is InChI=1S/C20H24N2O4/c23-19(24)14-18-20(25)21(10-4-8-16-6-2-1-3-7-16)11-12-22(18)15-17-9-5-13-26-17/h1-3,5-7,9,13,18H,4,8,10-12,14-15H2,(H,23,24). The summed E-state index contributed by atoms with van der Waals surface area (Å²) in [6.07, 6.45) is 3.18. The van der Waals surface area contributed by atoms with Crippen molar-refractivity contribution in [1.82, 2.24) is 9.80 Å². The Balaban J connectivity index is 1.59. The summed E-state index contributed by atoms with van der Waals surface area (Å²) in [5.41, 5.74) is 1.25. The van der Waals surface area contributed by atoms with Crippen LogP contribution < -0.4 is 0 Å². The number of aliphatic carboxylic acids is 1. The van der Waals surface area contributed by atoms with Crippen molar-refractivity contribution >= 4 is 11.9 Å². The highest BCUT2D eigenvalue weighted by atomic mass is 16.4. The third-order valence-corrected chi connectivity index (χ3v) is 4.74. The van der Waals surface area contributed by atoms with E-state index >= 15 is 0 Å². The molecule has 2 heterocycles. The first-order chi connectivity index (χ1) is 12.6. The first-order valence-electron chi connectivity index (χ1n) is 8.94. The maximum atomic E-state index is 12.8. The number of carboxylic acid groups (broad SMARTS) is 1. The van der Waals surface area contributed by atoms with Crippen molar-refractivity contribution in [1.29, 1.82) is 0 Å². The molecule has 26 heavy (non-hydrogen) atoms. The zero-order valence-corrected chi connectivity index (χ0v) is 14.7. The van der Waals surface area contributed by atoms with Gasteiger partial charge in [0.05, 0.1) is 19.2 Å². The second-order valence-electron chi connectivity index (χ2n) is 6.58. The summed E-state index contributed by atoms with van der Waals surface area (Å²) in [7, 11) is 0. The molecule has 0 bridgehead atoms. The lowest BCUT2D eigenvalue weighted by molar-refractivity contribution is -0.149. The molecule has 1 aliphatic heterocycles. The van der Waals surface area contributed by atoms with Gasteiger partial charge in [0.15, 0.2) is 0 Å². The van der Waals surface area contributed by atoms with E-state index < -0.39 is 12.0 Å². The summed E-state index contributed by atoms with van der Waals surface area (Å²) >= 11 is 0. The number of carboxylic acids is 1. The number of hydrogen-bond acceptors (Lipinski definition) is 4. The molecule has 0 saturated carbocycles. The lowest BCUT2D eigenvalue weighted by atomic mass is 10.1. The van der Waals surface area contributed by atoms with Gasteiger partial charge in [0.25, 0.3) is 0 Å². The minimum Gasteiger partial charge on any atom is -0.481 e. The molecule has 1 saturated heterocycles. The Labute approximate surface area is 153 Å². The van der Waals surface area contributed by atoms with Crippen LogP contribution in [0.15, 0.2) is 53.1 Å². The number of amides is 1. The Hall–Kier alpha value is -2.60. The Morgan fingerprint density at radius 2 is 1.96 bits per heavy atom. The molecule has 138 valence electrons. The predicted molar refractivity (Wildman–Crippen MR) is 96.5 cm³/mol. The molecule has 0 radical (unpaired) electrons. The monoisotopic (exact) mass is 356 g/mol. The van der Waals surface area contributed by atoms with E-state index in [-0.39, 0.29) is 12.3 Å². The van der Waals surface area contributed by atoms with Crippen LogP contribution in [0, 0.1) is 0 Å². The highest BCUT2D eigenvalue weighted by molar-refractivity contribution is 5.86. The molecular weight excluding hydrogens is 332 g/mol. The molecule has 1 aromatic heterocycles. The van der Waals surface area contributed by atoms with Crippen molar-refractivity contribution in [2.24, 2.45) is 0 Å². The quantitative estimate of drug-likeness (QED) is 0.786. The molecule has 1 aromatic carbocycles. The number of carbonyl (C=O) groups is 2. The van der Waals surface area contributed by atoms with E-state index in [1.54, 1.807) is 17.2 Å². The van der Waals surface area contributed by atoms with Gasteiger partial charge in [0.2, 0.25) is 5.91 Å². The molecule has 1 fully saturated rings. The molecule has 0 spiro atoms. The average Bonchev–Trinajstić information content (AvgIpc) is 3.14. The number of piperazine rings is 1. The van der Waals surface area contributed by atoms with Gasteiger partial charge in [-0.25, -0.2) is 0 Å². The smallest absolute Gasteiger partial charge is 0.305 e. The van der Waals surface area contributed by atoms with E-state index in [9.17, 15) is 14.7 Å². The van der Waals surface area contributed by atoms with Gasteiger partial charge < -0.3 is 14.4 Å². The third-order valence-electron chi connectivity index (χ3n) is 4.74. The van der Waals surface area contributed by atoms with Crippen LogP contribution in [0.1, 0.15) is 24.2 Å². The summed E-state index contributed by atoms with van der Waals surface area (Å²) in [6.45, 7) is 2.37. The van der Waals surface area contributed by atoms with Gasteiger partial charge in [0, 0.05) is 19.6 Å². The van der Waals surface area contributed by atoms with Gasteiger partial charge >= 0.3 is 5.97 Å². The summed E-state index contributed by atoms with van der Waals surface area (Å²) in [6, 6.07) is 13.2.